The van der Waals surface area contributed by atoms with Crippen LogP contribution in [0.2, 0.25) is 5.02 Å². The molecule has 41 heavy (non-hydrogen) atoms. The predicted molar refractivity (Wildman–Crippen MR) is 156 cm³/mol. The Morgan fingerprint density at radius 3 is 2.73 bits per heavy atom. The van der Waals surface area contributed by atoms with Crippen molar-refractivity contribution in [3.05, 3.63) is 86.5 Å². The monoisotopic (exact) mass is 599 g/mol. The number of carbonyl (C=O) groups excluding carboxylic acids is 1. The highest BCUT2D eigenvalue weighted by Gasteiger charge is 2.34. The van der Waals surface area contributed by atoms with Crippen LogP contribution in [-0.4, -0.2) is 47.5 Å². The number of para-hydroxylation sites is 1. The fourth-order valence-corrected chi connectivity index (χ4v) is 6.85. The topological polar surface area (TPSA) is 72.8 Å². The smallest absolute Gasteiger partial charge is 0.266 e. The maximum absolute atomic E-state index is 14.8. The summed E-state index contributed by atoms with van der Waals surface area (Å²) in [5.74, 6) is -1.78. The van der Waals surface area contributed by atoms with Gasteiger partial charge in [0.05, 0.1) is 34.7 Å². The van der Waals surface area contributed by atoms with Gasteiger partial charge >= 0.3 is 0 Å². The summed E-state index contributed by atoms with van der Waals surface area (Å²) in [5, 5.41) is 3.92. The molecule has 7 nitrogen and oxygen atoms in total. The molecule has 1 unspecified atom stereocenters. The number of amides is 1. The molecule has 2 aliphatic rings. The van der Waals surface area contributed by atoms with Crippen LogP contribution in [0, 0.1) is 11.6 Å². The van der Waals surface area contributed by atoms with Gasteiger partial charge in [-0.3, -0.25) is 14.2 Å². The molecule has 0 radical (unpaired) electrons. The molecule has 4 heterocycles. The molecule has 214 valence electrons. The normalized spacial score (nSPS) is 19.1. The lowest BCUT2D eigenvalue weighted by molar-refractivity contribution is -0.168. The van der Waals surface area contributed by atoms with Gasteiger partial charge in [-0.2, -0.15) is 0 Å². The van der Waals surface area contributed by atoms with Crippen LogP contribution in [0.5, 0.6) is 0 Å². The van der Waals surface area contributed by atoms with E-state index in [1.165, 1.54) is 16.7 Å². The zero-order valence-electron chi connectivity index (χ0n) is 22.1. The molecule has 0 spiro atoms. The van der Waals surface area contributed by atoms with Gasteiger partial charge in [-0.15, -0.1) is 11.3 Å². The van der Waals surface area contributed by atoms with Crippen molar-refractivity contribution in [1.29, 1.82) is 0 Å². The number of rotatable bonds is 7. The van der Waals surface area contributed by atoms with Crippen LogP contribution in [0.4, 0.5) is 20.2 Å². The number of fused-ring (bicyclic) bond motifs is 1. The Morgan fingerprint density at radius 1 is 1.10 bits per heavy atom. The van der Waals surface area contributed by atoms with Crippen LogP contribution in [-0.2, 0) is 9.47 Å². The number of aromatic nitrogens is 1. The SMILES string of the molecule is O=C(c1sc2c(ccc(=O)n2-c2ccccc2Cl)c1Nc1ccc(F)cc1F)N1CCC[C@@H]1COC1CCCCO1. The summed E-state index contributed by atoms with van der Waals surface area (Å²) < 4.78 is 41.6. The van der Waals surface area contributed by atoms with Crippen LogP contribution in [0.15, 0.2) is 59.4 Å². The molecule has 2 aromatic carbocycles. The highest BCUT2D eigenvalue weighted by atomic mass is 35.5. The van der Waals surface area contributed by atoms with Crippen molar-refractivity contribution in [2.24, 2.45) is 0 Å². The molecule has 2 atom stereocenters. The Labute approximate surface area is 244 Å². The van der Waals surface area contributed by atoms with E-state index < -0.39 is 11.6 Å². The summed E-state index contributed by atoms with van der Waals surface area (Å²) in [6.07, 6.45) is 4.22. The van der Waals surface area contributed by atoms with Gasteiger partial charge in [-0.1, -0.05) is 23.7 Å². The van der Waals surface area contributed by atoms with Gasteiger partial charge in [0.15, 0.2) is 6.29 Å². The Morgan fingerprint density at radius 2 is 1.95 bits per heavy atom. The molecule has 2 fully saturated rings. The molecule has 2 saturated heterocycles. The number of likely N-dealkylation sites (tertiary alicyclic amines) is 1. The molecule has 0 saturated carbocycles. The van der Waals surface area contributed by atoms with E-state index in [0.29, 0.717) is 51.2 Å². The Kier molecular flexibility index (Phi) is 8.07. The number of nitrogens with one attached hydrogen (secondary N) is 1. The van der Waals surface area contributed by atoms with Crippen LogP contribution in [0.1, 0.15) is 41.8 Å². The van der Waals surface area contributed by atoms with E-state index in [4.69, 9.17) is 21.1 Å². The van der Waals surface area contributed by atoms with E-state index in [1.54, 1.807) is 35.2 Å². The van der Waals surface area contributed by atoms with Crippen molar-refractivity contribution in [1.82, 2.24) is 9.47 Å². The predicted octanol–water partition coefficient (Wildman–Crippen LogP) is 6.88. The van der Waals surface area contributed by atoms with Crippen LogP contribution >= 0.6 is 22.9 Å². The highest BCUT2D eigenvalue weighted by molar-refractivity contribution is 7.21. The number of thiophene rings is 1. The van der Waals surface area contributed by atoms with Crippen LogP contribution < -0.4 is 10.9 Å². The molecule has 4 aromatic rings. The van der Waals surface area contributed by atoms with Crippen molar-refractivity contribution in [2.75, 3.05) is 25.1 Å². The van der Waals surface area contributed by atoms with Crippen molar-refractivity contribution >= 4 is 50.4 Å². The van der Waals surface area contributed by atoms with Crippen molar-refractivity contribution < 1.29 is 23.0 Å². The minimum atomic E-state index is -0.804. The summed E-state index contributed by atoms with van der Waals surface area (Å²) in [5.41, 5.74) is 0.477. The number of anilines is 2. The number of hydrogen-bond acceptors (Lipinski definition) is 6. The lowest BCUT2D eigenvalue weighted by Crippen LogP contribution is -2.39. The second-order valence-corrected chi connectivity index (χ2v) is 11.6. The van der Waals surface area contributed by atoms with Crippen LogP contribution in [0.25, 0.3) is 15.9 Å². The fraction of sp³-hybridized carbons (Fsp3) is 0.333. The Hall–Kier alpha value is -3.31. The number of halogens is 3. The first-order valence-corrected chi connectivity index (χ1v) is 14.8. The molecule has 2 aliphatic heterocycles. The number of carbonyl (C=O) groups is 1. The second-order valence-electron chi connectivity index (χ2n) is 10.2. The molecule has 1 amide bonds. The average Bonchev–Trinajstić information content (AvgIpc) is 3.59. The van der Waals surface area contributed by atoms with E-state index in [2.05, 4.69) is 5.32 Å². The molecular weight excluding hydrogens is 572 g/mol. The summed E-state index contributed by atoms with van der Waals surface area (Å²) >= 11 is 7.60. The van der Waals surface area contributed by atoms with E-state index in [1.807, 2.05) is 0 Å². The standard InChI is InChI=1S/C30H28ClF2N3O4S/c31-21-7-1-2-8-24(21)36-25(37)13-11-20-27(34-23-12-10-18(32)16-22(23)33)28(41-30(20)36)29(38)35-14-5-6-19(35)17-40-26-9-3-4-15-39-26/h1-2,7-8,10-13,16,19,26,34H,3-6,9,14-15,17H2/t19-,26?/m1/s1. The van der Waals surface area contributed by atoms with Gasteiger partial charge in [0.2, 0.25) is 0 Å². The molecular formula is C30H28ClF2N3O4S. The number of nitrogens with zero attached hydrogens (tertiary/aromatic N) is 2. The van der Waals surface area contributed by atoms with E-state index in [0.717, 1.165) is 55.6 Å². The number of benzene rings is 2. The lowest BCUT2D eigenvalue weighted by Gasteiger charge is -2.28. The van der Waals surface area contributed by atoms with Crippen molar-refractivity contribution in [3.8, 4) is 5.69 Å². The lowest BCUT2D eigenvalue weighted by atomic mass is 10.2. The minimum Gasteiger partial charge on any atom is -0.353 e. The summed E-state index contributed by atoms with van der Waals surface area (Å²) in [6.45, 7) is 1.55. The molecule has 6 rings (SSSR count). The summed E-state index contributed by atoms with van der Waals surface area (Å²) in [7, 11) is 0. The Balaban J connectivity index is 1.42. The van der Waals surface area contributed by atoms with Gasteiger partial charge in [-0.05, 0) is 62.4 Å². The van der Waals surface area contributed by atoms with E-state index >= 15 is 0 Å². The van der Waals surface area contributed by atoms with Gasteiger partial charge in [-0.25, -0.2) is 8.78 Å². The van der Waals surface area contributed by atoms with Crippen LogP contribution in [0.3, 0.4) is 0 Å². The number of hydrogen-bond donors (Lipinski definition) is 1. The van der Waals surface area contributed by atoms with E-state index in [-0.39, 0.29) is 29.5 Å². The van der Waals surface area contributed by atoms with Gasteiger partial charge in [0, 0.05) is 30.7 Å². The zero-order chi connectivity index (χ0) is 28.5. The van der Waals surface area contributed by atoms with Gasteiger partial charge in [0.25, 0.3) is 11.5 Å². The molecule has 0 aliphatic carbocycles. The fourth-order valence-electron chi connectivity index (χ4n) is 5.41. The number of ether oxygens (including phenoxy) is 2. The van der Waals surface area contributed by atoms with E-state index in [9.17, 15) is 18.4 Å². The molecule has 1 N–H and O–H groups in total. The highest BCUT2D eigenvalue weighted by Crippen LogP contribution is 2.40. The quantitative estimate of drug-likeness (QED) is 0.251. The average molecular weight is 600 g/mol. The first kappa shape index (κ1) is 27.8. The summed E-state index contributed by atoms with van der Waals surface area (Å²) in [6, 6.07) is 13.0. The Bertz CT molecular complexity index is 1650. The first-order chi connectivity index (χ1) is 19.9. The summed E-state index contributed by atoms with van der Waals surface area (Å²) in [4.78, 5) is 29.9. The zero-order valence-corrected chi connectivity index (χ0v) is 23.6. The first-order valence-electron chi connectivity index (χ1n) is 13.6. The van der Waals surface area contributed by atoms with Gasteiger partial charge < -0.3 is 19.7 Å². The maximum Gasteiger partial charge on any atom is 0.266 e. The van der Waals surface area contributed by atoms with Crippen molar-refractivity contribution in [2.45, 2.75) is 44.4 Å². The molecule has 11 heteroatoms. The van der Waals surface area contributed by atoms with Gasteiger partial charge in [0.1, 0.15) is 21.3 Å². The maximum atomic E-state index is 14.8. The minimum absolute atomic E-state index is 0.00592. The molecule has 2 aromatic heterocycles. The third-order valence-electron chi connectivity index (χ3n) is 7.47. The number of pyridine rings is 1. The van der Waals surface area contributed by atoms with Crippen molar-refractivity contribution in [3.63, 3.8) is 0 Å². The largest absolute Gasteiger partial charge is 0.353 e. The second kappa shape index (κ2) is 11.9. The third-order valence-corrected chi connectivity index (χ3v) is 8.97. The third kappa shape index (κ3) is 5.61. The molecule has 0 bridgehead atoms.